The molecule has 1 amide bonds. The van der Waals surface area contributed by atoms with Gasteiger partial charge in [0.1, 0.15) is 5.75 Å². The maximum atomic E-state index is 12.1. The van der Waals surface area contributed by atoms with Crippen molar-refractivity contribution in [2.75, 3.05) is 13.2 Å². The highest BCUT2D eigenvalue weighted by atomic mass is 16.5. The summed E-state index contributed by atoms with van der Waals surface area (Å²) in [6.45, 7) is 4.54. The minimum absolute atomic E-state index is 0.147. The van der Waals surface area contributed by atoms with Gasteiger partial charge in [-0.1, -0.05) is 26.0 Å². The van der Waals surface area contributed by atoms with Crippen LogP contribution in [0, 0.1) is 5.41 Å². The van der Waals surface area contributed by atoms with Crippen LogP contribution < -0.4 is 10.1 Å². The molecule has 0 fully saturated rings. The molecule has 1 aliphatic rings. The van der Waals surface area contributed by atoms with Gasteiger partial charge in [-0.05, 0) is 30.0 Å². The number of aliphatic carboxylic acids is 1. The van der Waals surface area contributed by atoms with Gasteiger partial charge >= 0.3 is 5.97 Å². The first-order valence-corrected chi connectivity index (χ1v) is 7.75. The van der Waals surface area contributed by atoms with Gasteiger partial charge in [-0.15, -0.1) is 0 Å². The molecule has 1 aromatic carbocycles. The van der Waals surface area contributed by atoms with Crippen LogP contribution in [-0.4, -0.2) is 30.1 Å². The van der Waals surface area contributed by atoms with Gasteiger partial charge in [-0.2, -0.15) is 0 Å². The number of carbonyl (C=O) groups is 2. The molecule has 0 saturated heterocycles. The van der Waals surface area contributed by atoms with E-state index in [2.05, 4.69) is 5.32 Å². The molecule has 0 bridgehead atoms. The SMILES string of the molecule is CCC(CC)(CNC(=O)Cc1ccc2c(c1)CCO2)C(=O)O. The second-order valence-electron chi connectivity index (χ2n) is 5.79. The third-order valence-electron chi connectivity index (χ3n) is 4.55. The van der Waals surface area contributed by atoms with Gasteiger partial charge in [0, 0.05) is 13.0 Å². The van der Waals surface area contributed by atoms with Gasteiger partial charge in [-0.3, -0.25) is 9.59 Å². The monoisotopic (exact) mass is 305 g/mol. The van der Waals surface area contributed by atoms with Crippen molar-refractivity contribution < 1.29 is 19.4 Å². The lowest BCUT2D eigenvalue weighted by molar-refractivity contribution is -0.149. The quantitative estimate of drug-likeness (QED) is 0.809. The summed E-state index contributed by atoms with van der Waals surface area (Å²) < 4.78 is 5.44. The summed E-state index contributed by atoms with van der Waals surface area (Å²) in [5.74, 6) is -0.107. The third-order valence-corrected chi connectivity index (χ3v) is 4.55. The predicted octanol–water partition coefficient (Wildman–Crippen LogP) is 2.17. The number of amides is 1. The number of nitrogens with one attached hydrogen (secondary N) is 1. The van der Waals surface area contributed by atoms with E-state index in [9.17, 15) is 14.7 Å². The highest BCUT2D eigenvalue weighted by Crippen LogP contribution is 2.27. The van der Waals surface area contributed by atoms with Gasteiger partial charge in [0.2, 0.25) is 5.91 Å². The molecule has 1 aliphatic heterocycles. The normalized spacial score (nSPS) is 13.4. The number of carboxylic acid groups (broad SMARTS) is 1. The Labute approximate surface area is 130 Å². The first kappa shape index (κ1) is 16.3. The molecule has 2 N–H and O–H groups in total. The van der Waals surface area contributed by atoms with Crippen LogP contribution in [0.5, 0.6) is 5.75 Å². The fraction of sp³-hybridized carbons (Fsp3) is 0.529. The smallest absolute Gasteiger partial charge is 0.311 e. The zero-order valence-electron chi connectivity index (χ0n) is 13.1. The second-order valence-corrected chi connectivity index (χ2v) is 5.79. The van der Waals surface area contributed by atoms with Crippen LogP contribution in [0.2, 0.25) is 0 Å². The van der Waals surface area contributed by atoms with Crippen LogP contribution in [0.3, 0.4) is 0 Å². The van der Waals surface area contributed by atoms with Gasteiger partial charge in [0.25, 0.3) is 0 Å². The van der Waals surface area contributed by atoms with Crippen molar-refractivity contribution in [2.24, 2.45) is 5.41 Å². The van der Waals surface area contributed by atoms with Crippen molar-refractivity contribution in [3.05, 3.63) is 29.3 Å². The molecule has 1 heterocycles. The van der Waals surface area contributed by atoms with Gasteiger partial charge in [-0.25, -0.2) is 0 Å². The van der Waals surface area contributed by atoms with Crippen molar-refractivity contribution >= 4 is 11.9 Å². The predicted molar refractivity (Wildman–Crippen MR) is 83.0 cm³/mol. The Balaban J connectivity index is 1.94. The van der Waals surface area contributed by atoms with E-state index in [1.165, 1.54) is 0 Å². The van der Waals surface area contributed by atoms with Crippen molar-refractivity contribution in [1.82, 2.24) is 5.32 Å². The fourth-order valence-corrected chi connectivity index (χ4v) is 2.74. The number of hydrogen-bond acceptors (Lipinski definition) is 3. The number of fused-ring (bicyclic) bond motifs is 1. The molecule has 0 unspecified atom stereocenters. The lowest BCUT2D eigenvalue weighted by Gasteiger charge is -2.26. The largest absolute Gasteiger partial charge is 0.493 e. The molecule has 0 aromatic heterocycles. The van der Waals surface area contributed by atoms with Crippen LogP contribution in [0.4, 0.5) is 0 Å². The number of ether oxygens (including phenoxy) is 1. The van der Waals surface area contributed by atoms with Gasteiger partial charge < -0.3 is 15.2 Å². The molecule has 0 radical (unpaired) electrons. The van der Waals surface area contributed by atoms with E-state index in [4.69, 9.17) is 4.74 Å². The molecule has 2 rings (SSSR count). The minimum Gasteiger partial charge on any atom is -0.493 e. The zero-order chi connectivity index (χ0) is 16.2. The average Bonchev–Trinajstić information content (AvgIpc) is 2.96. The summed E-state index contributed by atoms with van der Waals surface area (Å²) >= 11 is 0. The van der Waals surface area contributed by atoms with Crippen LogP contribution in [-0.2, 0) is 22.4 Å². The summed E-state index contributed by atoms with van der Waals surface area (Å²) in [6, 6.07) is 5.77. The Hall–Kier alpha value is -2.04. The van der Waals surface area contributed by atoms with Crippen LogP contribution in [0.15, 0.2) is 18.2 Å². The fourth-order valence-electron chi connectivity index (χ4n) is 2.74. The molecule has 0 atom stereocenters. The summed E-state index contributed by atoms with van der Waals surface area (Å²) in [5.41, 5.74) is 1.18. The molecule has 0 saturated carbocycles. The standard InChI is InChI=1S/C17H23NO4/c1-3-17(4-2,16(20)21)11-18-15(19)10-12-5-6-14-13(9-12)7-8-22-14/h5-6,9H,3-4,7-8,10-11H2,1-2H3,(H,18,19)(H,20,21). The minimum atomic E-state index is -0.874. The van der Waals surface area contributed by atoms with E-state index in [0.29, 0.717) is 19.4 Å². The number of carboxylic acids is 1. The Morgan fingerprint density at radius 3 is 2.68 bits per heavy atom. The maximum absolute atomic E-state index is 12.1. The van der Waals surface area contributed by atoms with Crippen LogP contribution in [0.25, 0.3) is 0 Å². The molecule has 0 spiro atoms. The third kappa shape index (κ3) is 3.40. The highest BCUT2D eigenvalue weighted by molar-refractivity contribution is 5.80. The zero-order valence-corrected chi connectivity index (χ0v) is 13.1. The first-order valence-electron chi connectivity index (χ1n) is 7.75. The van der Waals surface area contributed by atoms with Crippen LogP contribution >= 0.6 is 0 Å². The van der Waals surface area contributed by atoms with Crippen molar-refractivity contribution in [3.63, 3.8) is 0 Å². The molecular weight excluding hydrogens is 282 g/mol. The summed E-state index contributed by atoms with van der Waals surface area (Å²) in [4.78, 5) is 23.5. The van der Waals surface area contributed by atoms with Crippen molar-refractivity contribution in [3.8, 4) is 5.75 Å². The molecule has 5 nitrogen and oxygen atoms in total. The van der Waals surface area contributed by atoms with E-state index in [-0.39, 0.29) is 18.9 Å². The number of hydrogen-bond donors (Lipinski definition) is 2. The lowest BCUT2D eigenvalue weighted by Crippen LogP contribution is -2.42. The molecule has 120 valence electrons. The van der Waals surface area contributed by atoms with E-state index in [1.807, 2.05) is 32.0 Å². The molecule has 0 aliphatic carbocycles. The Morgan fingerprint density at radius 2 is 2.05 bits per heavy atom. The second kappa shape index (κ2) is 6.81. The van der Waals surface area contributed by atoms with E-state index in [1.54, 1.807) is 0 Å². The van der Waals surface area contributed by atoms with E-state index in [0.717, 1.165) is 23.3 Å². The summed E-state index contributed by atoms with van der Waals surface area (Å²) in [6.07, 6.45) is 2.12. The molecule has 22 heavy (non-hydrogen) atoms. The number of carbonyl (C=O) groups excluding carboxylic acids is 1. The molecular formula is C17H23NO4. The van der Waals surface area contributed by atoms with Gasteiger partial charge in [0.15, 0.2) is 0 Å². The molecule has 1 aromatic rings. The number of benzene rings is 1. The average molecular weight is 305 g/mol. The lowest BCUT2D eigenvalue weighted by atomic mass is 9.82. The van der Waals surface area contributed by atoms with E-state index < -0.39 is 11.4 Å². The summed E-state index contributed by atoms with van der Waals surface area (Å²) in [7, 11) is 0. The van der Waals surface area contributed by atoms with Crippen molar-refractivity contribution in [1.29, 1.82) is 0 Å². The van der Waals surface area contributed by atoms with E-state index >= 15 is 0 Å². The van der Waals surface area contributed by atoms with Crippen molar-refractivity contribution in [2.45, 2.75) is 39.5 Å². The molecule has 5 heteroatoms. The Kier molecular flexibility index (Phi) is 5.06. The van der Waals surface area contributed by atoms with Gasteiger partial charge in [0.05, 0.1) is 18.4 Å². The maximum Gasteiger partial charge on any atom is 0.311 e. The Morgan fingerprint density at radius 1 is 1.32 bits per heavy atom. The number of rotatable bonds is 7. The topological polar surface area (TPSA) is 75.6 Å². The highest BCUT2D eigenvalue weighted by Gasteiger charge is 2.35. The van der Waals surface area contributed by atoms with Crippen LogP contribution in [0.1, 0.15) is 37.8 Å². The Bertz CT molecular complexity index is 564. The summed E-state index contributed by atoms with van der Waals surface area (Å²) in [5, 5.41) is 12.1. The first-order chi connectivity index (χ1) is 10.5.